The number of amides is 4. The molecule has 4 amide bonds. The van der Waals surface area contributed by atoms with Crippen LogP contribution in [-0.2, 0) is 25.7 Å². The van der Waals surface area contributed by atoms with Gasteiger partial charge >= 0.3 is 0 Å². The minimum atomic E-state index is -1.19. The Kier molecular flexibility index (Phi) is 10.6. The SMILES string of the molecule is CC(C)[C@H]1NC(=O)C[C@@H](C(=O)NCCOCc2ccccc2Cl)NC(=O)c2ccccc2OC[C@@H]2CCCN2C1=O. The Morgan fingerprint density at radius 2 is 1.88 bits per heavy atom. The predicted octanol–water partition coefficient (Wildman–Crippen LogP) is 2.69. The number of fused-ring (bicyclic) bond motifs is 2. The number of rotatable bonds is 7. The van der Waals surface area contributed by atoms with Crippen molar-refractivity contribution in [2.24, 2.45) is 5.92 Å². The van der Waals surface area contributed by atoms with Crippen LogP contribution in [0.15, 0.2) is 48.5 Å². The van der Waals surface area contributed by atoms with Crippen molar-refractivity contribution in [1.29, 1.82) is 0 Å². The average molecular weight is 585 g/mol. The molecule has 1 saturated heterocycles. The first-order chi connectivity index (χ1) is 19.7. The number of nitrogens with one attached hydrogen (secondary N) is 3. The van der Waals surface area contributed by atoms with E-state index in [0.29, 0.717) is 17.3 Å². The predicted molar refractivity (Wildman–Crippen MR) is 153 cm³/mol. The molecule has 11 heteroatoms. The molecule has 0 radical (unpaired) electrons. The van der Waals surface area contributed by atoms with Gasteiger partial charge in [0.05, 0.1) is 31.2 Å². The van der Waals surface area contributed by atoms with Crippen LogP contribution in [0.3, 0.4) is 0 Å². The molecule has 0 bridgehead atoms. The van der Waals surface area contributed by atoms with Gasteiger partial charge in [0.15, 0.2) is 0 Å². The summed E-state index contributed by atoms with van der Waals surface area (Å²) < 4.78 is 11.7. The molecule has 2 heterocycles. The summed E-state index contributed by atoms with van der Waals surface area (Å²) in [7, 11) is 0. The Morgan fingerprint density at radius 1 is 1.12 bits per heavy atom. The Balaban J connectivity index is 1.48. The van der Waals surface area contributed by atoms with Crippen molar-refractivity contribution < 1.29 is 28.7 Å². The highest BCUT2D eigenvalue weighted by Gasteiger charge is 2.37. The molecule has 0 aliphatic carbocycles. The Morgan fingerprint density at radius 3 is 2.66 bits per heavy atom. The lowest BCUT2D eigenvalue weighted by Crippen LogP contribution is -2.55. The molecule has 3 N–H and O–H groups in total. The van der Waals surface area contributed by atoms with Gasteiger partial charge in [-0.25, -0.2) is 0 Å². The van der Waals surface area contributed by atoms with Gasteiger partial charge in [-0.15, -0.1) is 0 Å². The number of hydrogen-bond donors (Lipinski definition) is 3. The van der Waals surface area contributed by atoms with Crippen molar-refractivity contribution in [1.82, 2.24) is 20.9 Å². The minimum Gasteiger partial charge on any atom is -0.491 e. The molecule has 2 aliphatic rings. The Labute approximate surface area is 245 Å². The summed E-state index contributed by atoms with van der Waals surface area (Å²) in [5, 5.41) is 8.82. The number of benzene rings is 2. The van der Waals surface area contributed by atoms with Gasteiger partial charge < -0.3 is 30.3 Å². The van der Waals surface area contributed by atoms with Crippen molar-refractivity contribution in [3.8, 4) is 5.75 Å². The number of nitrogens with zero attached hydrogens (tertiary/aromatic N) is 1. The lowest BCUT2D eigenvalue weighted by atomic mass is 10.0. The summed E-state index contributed by atoms with van der Waals surface area (Å²) in [5.74, 6) is -1.61. The zero-order chi connectivity index (χ0) is 29.4. The molecule has 0 aromatic heterocycles. The maximum atomic E-state index is 13.5. The number of halogens is 1. The van der Waals surface area contributed by atoms with Crippen LogP contribution in [0.2, 0.25) is 5.02 Å². The summed E-state index contributed by atoms with van der Waals surface area (Å²) in [6.07, 6.45) is 1.25. The Hall–Kier alpha value is -3.63. The third kappa shape index (κ3) is 7.98. The third-order valence-electron chi connectivity index (χ3n) is 7.24. The van der Waals surface area contributed by atoms with Crippen LogP contribution in [0.5, 0.6) is 5.75 Å². The molecule has 0 saturated carbocycles. The van der Waals surface area contributed by atoms with E-state index in [1.807, 2.05) is 32.0 Å². The van der Waals surface area contributed by atoms with Gasteiger partial charge in [0.2, 0.25) is 17.7 Å². The molecular formula is C30H37ClN4O6. The van der Waals surface area contributed by atoms with Crippen LogP contribution in [0.4, 0.5) is 0 Å². The molecule has 220 valence electrons. The first kappa shape index (κ1) is 30.3. The molecule has 10 nitrogen and oxygen atoms in total. The molecule has 2 aromatic carbocycles. The second-order valence-corrected chi connectivity index (χ2v) is 11.0. The van der Waals surface area contributed by atoms with Gasteiger partial charge in [-0.1, -0.05) is 55.8 Å². The minimum absolute atomic E-state index is 0.153. The van der Waals surface area contributed by atoms with Crippen molar-refractivity contribution in [2.45, 2.75) is 57.8 Å². The molecule has 0 spiro atoms. The normalized spacial score (nSPS) is 21.7. The zero-order valence-corrected chi connectivity index (χ0v) is 24.1. The fourth-order valence-electron chi connectivity index (χ4n) is 4.99. The summed E-state index contributed by atoms with van der Waals surface area (Å²) >= 11 is 6.15. The van der Waals surface area contributed by atoms with Crippen molar-refractivity contribution in [2.75, 3.05) is 26.3 Å². The lowest BCUT2D eigenvalue weighted by Gasteiger charge is -2.32. The molecule has 1 fully saturated rings. The first-order valence-corrected chi connectivity index (χ1v) is 14.3. The molecule has 2 aliphatic heterocycles. The van der Waals surface area contributed by atoms with Gasteiger partial charge in [-0.3, -0.25) is 19.2 Å². The van der Waals surface area contributed by atoms with Crippen LogP contribution in [0, 0.1) is 5.92 Å². The van der Waals surface area contributed by atoms with Crippen LogP contribution in [0.1, 0.15) is 49.0 Å². The topological polar surface area (TPSA) is 126 Å². The van der Waals surface area contributed by atoms with Gasteiger partial charge in [0, 0.05) is 18.1 Å². The van der Waals surface area contributed by atoms with E-state index in [1.165, 1.54) is 0 Å². The first-order valence-electron chi connectivity index (χ1n) is 14.0. The van der Waals surface area contributed by atoms with Crippen molar-refractivity contribution >= 4 is 35.2 Å². The molecule has 3 atom stereocenters. The lowest BCUT2D eigenvalue weighted by molar-refractivity contribution is -0.139. The van der Waals surface area contributed by atoms with Crippen LogP contribution < -0.4 is 20.7 Å². The van der Waals surface area contributed by atoms with Crippen LogP contribution in [0.25, 0.3) is 0 Å². The summed E-state index contributed by atoms with van der Waals surface area (Å²) in [6, 6.07) is 11.9. The van der Waals surface area contributed by atoms with Crippen LogP contribution in [-0.4, -0.2) is 73.0 Å². The highest BCUT2D eigenvalue weighted by molar-refractivity contribution is 6.31. The number of para-hydroxylation sites is 1. The second-order valence-electron chi connectivity index (χ2n) is 10.6. The van der Waals surface area contributed by atoms with E-state index >= 15 is 0 Å². The quantitative estimate of drug-likeness (QED) is 0.430. The highest BCUT2D eigenvalue weighted by atomic mass is 35.5. The highest BCUT2D eigenvalue weighted by Crippen LogP contribution is 2.24. The van der Waals surface area contributed by atoms with E-state index in [-0.39, 0.29) is 56.2 Å². The Bertz CT molecular complexity index is 1250. The standard InChI is InChI=1S/C30H37ClN4O6/c1-19(2)27-30(39)35-14-7-9-21(35)18-41-25-12-6-4-10-22(25)28(37)33-24(16-26(36)34-27)29(38)32-13-15-40-17-20-8-3-5-11-23(20)31/h3-6,8,10-12,19,21,24,27H,7,9,13-18H2,1-2H3,(H,32,38)(H,33,37)(H,34,36)/t21-,24-,27+/m0/s1. The van der Waals surface area contributed by atoms with Gasteiger partial charge in [-0.05, 0) is 42.5 Å². The smallest absolute Gasteiger partial charge is 0.255 e. The van der Waals surface area contributed by atoms with E-state index in [2.05, 4.69) is 16.0 Å². The van der Waals surface area contributed by atoms with E-state index in [4.69, 9.17) is 21.1 Å². The molecule has 41 heavy (non-hydrogen) atoms. The molecular weight excluding hydrogens is 548 g/mol. The van der Waals surface area contributed by atoms with Crippen molar-refractivity contribution in [3.63, 3.8) is 0 Å². The molecule has 2 aromatic rings. The molecule has 0 unspecified atom stereocenters. The number of carbonyl (C=O) groups is 4. The van der Waals surface area contributed by atoms with Crippen LogP contribution >= 0.6 is 11.6 Å². The summed E-state index contributed by atoms with van der Waals surface area (Å²) in [6.45, 7) is 5.13. The van der Waals surface area contributed by atoms with E-state index < -0.39 is 29.8 Å². The van der Waals surface area contributed by atoms with E-state index in [0.717, 1.165) is 18.4 Å². The van der Waals surface area contributed by atoms with Gasteiger partial charge in [0.1, 0.15) is 24.4 Å². The maximum Gasteiger partial charge on any atom is 0.255 e. The van der Waals surface area contributed by atoms with Gasteiger partial charge in [0.25, 0.3) is 5.91 Å². The number of hydrogen-bond acceptors (Lipinski definition) is 6. The number of carbonyl (C=O) groups excluding carboxylic acids is 4. The number of ether oxygens (including phenoxy) is 2. The fraction of sp³-hybridized carbons (Fsp3) is 0.467. The summed E-state index contributed by atoms with van der Waals surface area (Å²) in [5.41, 5.74) is 1.06. The largest absolute Gasteiger partial charge is 0.491 e. The average Bonchev–Trinajstić information content (AvgIpc) is 3.43. The van der Waals surface area contributed by atoms with Crippen molar-refractivity contribution in [3.05, 3.63) is 64.7 Å². The fourth-order valence-corrected chi connectivity index (χ4v) is 5.18. The monoisotopic (exact) mass is 584 g/mol. The summed E-state index contributed by atoms with van der Waals surface area (Å²) in [4.78, 5) is 54.9. The second kappa shape index (κ2) is 14.3. The zero-order valence-electron chi connectivity index (χ0n) is 23.4. The van der Waals surface area contributed by atoms with Gasteiger partial charge in [-0.2, -0.15) is 0 Å². The van der Waals surface area contributed by atoms with E-state index in [1.54, 1.807) is 35.2 Å². The maximum absolute atomic E-state index is 13.5. The third-order valence-corrected chi connectivity index (χ3v) is 7.61. The molecule has 4 rings (SSSR count). The van der Waals surface area contributed by atoms with E-state index in [9.17, 15) is 19.2 Å².